The molecule has 2 nitrogen and oxygen atoms in total. The van der Waals surface area contributed by atoms with E-state index < -0.39 is 17.5 Å². The zero-order valence-electron chi connectivity index (χ0n) is 16.0. The molecule has 2 aromatic rings. The summed E-state index contributed by atoms with van der Waals surface area (Å²) in [5.74, 6) is -2.49. The summed E-state index contributed by atoms with van der Waals surface area (Å²) in [6.07, 6.45) is 5.85. The van der Waals surface area contributed by atoms with Gasteiger partial charge in [-0.05, 0) is 61.5 Å². The molecule has 1 aliphatic rings. The summed E-state index contributed by atoms with van der Waals surface area (Å²) in [6.45, 7) is 5.77. The van der Waals surface area contributed by atoms with E-state index in [-0.39, 0.29) is 11.4 Å². The van der Waals surface area contributed by atoms with Crippen LogP contribution < -0.4 is 10.0 Å². The summed E-state index contributed by atoms with van der Waals surface area (Å²) in [5, 5.41) is 3.15. The maximum atomic E-state index is 14.3. The molecule has 27 heavy (non-hydrogen) atoms. The van der Waals surface area contributed by atoms with E-state index in [9.17, 15) is 13.2 Å². The van der Waals surface area contributed by atoms with E-state index in [0.717, 1.165) is 24.5 Å². The normalized spacial score (nSPS) is 14.3. The lowest BCUT2D eigenvalue weighted by Crippen LogP contribution is -2.11. The van der Waals surface area contributed by atoms with E-state index in [1.807, 2.05) is 13.8 Å². The molecule has 0 aliphatic heterocycles. The Morgan fingerprint density at radius 2 is 1.56 bits per heavy atom. The third kappa shape index (κ3) is 5.83. The third-order valence-corrected chi connectivity index (χ3v) is 5.51. The Kier molecular flexibility index (Phi) is 8.35. The molecule has 2 aromatic carbocycles. The molecule has 0 heterocycles. The summed E-state index contributed by atoms with van der Waals surface area (Å²) in [5.41, 5.74) is 1.20. The first kappa shape index (κ1) is 21.5. The molecule has 0 unspecified atom stereocenters. The van der Waals surface area contributed by atoms with Gasteiger partial charge in [-0.3, -0.25) is 0 Å². The summed E-state index contributed by atoms with van der Waals surface area (Å²) in [4.78, 5) is 0. The fourth-order valence-corrected chi connectivity index (χ4v) is 3.98. The molecular weight excluding hydrogens is 369 g/mol. The van der Waals surface area contributed by atoms with Crippen LogP contribution >= 0.6 is 11.9 Å². The standard InChI is InChI=1S/C19H21F3N2S.C2H6/c1-12-7-9-16(15(21)11-12)23-19-17(10-8-14(20)18(19)22)24-25-13-5-3-2-4-6-13;1-2/h7-11,13,23-24H,2-6H2,1H3;1-2H3. The number of benzene rings is 2. The van der Waals surface area contributed by atoms with Crippen molar-refractivity contribution in [2.24, 2.45) is 0 Å². The van der Waals surface area contributed by atoms with Crippen LogP contribution in [0.4, 0.5) is 30.2 Å². The molecule has 1 fully saturated rings. The Hall–Kier alpha value is -1.82. The summed E-state index contributed by atoms with van der Waals surface area (Å²) >= 11 is 1.52. The molecule has 6 heteroatoms. The lowest BCUT2D eigenvalue weighted by molar-refractivity contribution is 0.512. The predicted molar refractivity (Wildman–Crippen MR) is 110 cm³/mol. The van der Waals surface area contributed by atoms with Gasteiger partial charge < -0.3 is 10.0 Å². The van der Waals surface area contributed by atoms with Crippen LogP contribution in [-0.2, 0) is 0 Å². The van der Waals surface area contributed by atoms with Gasteiger partial charge in [0.25, 0.3) is 0 Å². The van der Waals surface area contributed by atoms with Crippen molar-refractivity contribution in [1.29, 1.82) is 0 Å². The van der Waals surface area contributed by atoms with Gasteiger partial charge in [-0.15, -0.1) is 0 Å². The van der Waals surface area contributed by atoms with Gasteiger partial charge in [0.05, 0.1) is 11.4 Å². The SMILES string of the molecule is CC.Cc1ccc(Nc2c(NSC3CCCCC3)ccc(F)c2F)c(F)c1. The maximum Gasteiger partial charge on any atom is 0.184 e. The highest BCUT2D eigenvalue weighted by Crippen LogP contribution is 2.35. The van der Waals surface area contributed by atoms with Crippen LogP contribution in [0.2, 0.25) is 0 Å². The van der Waals surface area contributed by atoms with Crippen LogP contribution in [0.15, 0.2) is 30.3 Å². The summed E-state index contributed by atoms with van der Waals surface area (Å²) in [6, 6.07) is 7.14. The van der Waals surface area contributed by atoms with Crippen LogP contribution in [0.1, 0.15) is 51.5 Å². The van der Waals surface area contributed by atoms with Crippen molar-refractivity contribution in [3.63, 3.8) is 0 Å². The smallest absolute Gasteiger partial charge is 0.184 e. The van der Waals surface area contributed by atoms with Crippen LogP contribution in [-0.4, -0.2) is 5.25 Å². The number of hydrogen-bond acceptors (Lipinski definition) is 3. The Labute approximate surface area is 164 Å². The minimum atomic E-state index is -1.02. The molecule has 0 amide bonds. The Morgan fingerprint density at radius 3 is 2.22 bits per heavy atom. The van der Waals surface area contributed by atoms with Crippen LogP contribution in [0.5, 0.6) is 0 Å². The Balaban J connectivity index is 0.00000126. The zero-order valence-corrected chi connectivity index (χ0v) is 16.9. The number of halogens is 3. The monoisotopic (exact) mass is 396 g/mol. The second kappa shape index (κ2) is 10.5. The molecule has 0 saturated heterocycles. The van der Waals surface area contributed by atoms with E-state index >= 15 is 0 Å². The van der Waals surface area contributed by atoms with Gasteiger partial charge in [0.2, 0.25) is 0 Å². The van der Waals surface area contributed by atoms with E-state index in [1.165, 1.54) is 49.4 Å². The van der Waals surface area contributed by atoms with Gasteiger partial charge in [-0.2, -0.15) is 0 Å². The van der Waals surface area contributed by atoms with Gasteiger partial charge in [0.1, 0.15) is 11.5 Å². The van der Waals surface area contributed by atoms with Gasteiger partial charge in [-0.25, -0.2) is 13.2 Å². The van der Waals surface area contributed by atoms with Crippen molar-refractivity contribution in [2.45, 2.75) is 58.1 Å². The van der Waals surface area contributed by atoms with Crippen molar-refractivity contribution in [3.8, 4) is 0 Å². The third-order valence-electron chi connectivity index (χ3n) is 4.37. The summed E-state index contributed by atoms with van der Waals surface area (Å²) in [7, 11) is 0. The second-order valence-corrected chi connectivity index (χ2v) is 7.48. The average molecular weight is 397 g/mol. The number of nitrogens with one attached hydrogen (secondary N) is 2. The first-order valence-electron chi connectivity index (χ1n) is 9.47. The number of rotatable bonds is 5. The van der Waals surface area contributed by atoms with Gasteiger partial charge in [-0.1, -0.05) is 39.2 Å². The largest absolute Gasteiger partial charge is 0.349 e. The van der Waals surface area contributed by atoms with Gasteiger partial charge in [0, 0.05) is 5.25 Å². The molecule has 2 N–H and O–H groups in total. The first-order valence-corrected chi connectivity index (χ1v) is 10.4. The minimum Gasteiger partial charge on any atom is -0.349 e. The van der Waals surface area contributed by atoms with Crippen molar-refractivity contribution < 1.29 is 13.2 Å². The number of hydrogen-bond donors (Lipinski definition) is 2. The molecule has 1 saturated carbocycles. The minimum absolute atomic E-state index is 0.0777. The predicted octanol–water partition coefficient (Wildman–Crippen LogP) is 7.57. The average Bonchev–Trinajstić information content (AvgIpc) is 2.69. The fraction of sp³-hybridized carbons (Fsp3) is 0.429. The zero-order chi connectivity index (χ0) is 19.8. The highest BCUT2D eigenvalue weighted by Gasteiger charge is 2.18. The molecular formula is C21H27F3N2S. The molecule has 0 atom stereocenters. The molecule has 148 valence electrons. The van der Waals surface area contributed by atoms with Crippen LogP contribution in [0.3, 0.4) is 0 Å². The Morgan fingerprint density at radius 1 is 0.889 bits per heavy atom. The molecule has 0 spiro atoms. The number of aryl methyl sites for hydroxylation is 1. The summed E-state index contributed by atoms with van der Waals surface area (Å²) < 4.78 is 45.2. The molecule has 1 aliphatic carbocycles. The topological polar surface area (TPSA) is 24.1 Å². The van der Waals surface area contributed by atoms with E-state index in [2.05, 4.69) is 10.0 Å². The first-order chi connectivity index (χ1) is 13.0. The van der Waals surface area contributed by atoms with Gasteiger partial charge in [0.15, 0.2) is 11.6 Å². The second-order valence-electron chi connectivity index (χ2n) is 6.37. The highest BCUT2D eigenvalue weighted by molar-refractivity contribution is 8.01. The van der Waals surface area contributed by atoms with Crippen LogP contribution in [0.25, 0.3) is 0 Å². The molecule has 3 rings (SSSR count). The van der Waals surface area contributed by atoms with E-state index in [1.54, 1.807) is 13.0 Å². The lowest BCUT2D eigenvalue weighted by atomic mass is 10.0. The molecule has 0 radical (unpaired) electrons. The quantitative estimate of drug-likeness (QED) is 0.510. The molecule has 0 aromatic heterocycles. The maximum absolute atomic E-state index is 14.3. The van der Waals surface area contributed by atoms with Crippen molar-refractivity contribution >= 4 is 29.0 Å². The van der Waals surface area contributed by atoms with E-state index in [4.69, 9.17) is 0 Å². The highest BCUT2D eigenvalue weighted by atomic mass is 32.2. The van der Waals surface area contributed by atoms with Gasteiger partial charge >= 0.3 is 0 Å². The van der Waals surface area contributed by atoms with Crippen molar-refractivity contribution in [3.05, 3.63) is 53.3 Å². The number of anilines is 3. The fourth-order valence-electron chi connectivity index (χ4n) is 2.94. The van der Waals surface area contributed by atoms with Crippen molar-refractivity contribution in [2.75, 3.05) is 10.0 Å². The van der Waals surface area contributed by atoms with E-state index in [0.29, 0.717) is 10.9 Å². The van der Waals surface area contributed by atoms with Crippen LogP contribution in [0, 0.1) is 24.4 Å². The lowest BCUT2D eigenvalue weighted by Gasteiger charge is -2.22. The Bertz CT molecular complexity index is 746. The molecule has 0 bridgehead atoms. The van der Waals surface area contributed by atoms with Crippen molar-refractivity contribution in [1.82, 2.24) is 0 Å².